The van der Waals surface area contributed by atoms with Gasteiger partial charge in [-0.05, 0) is 0 Å². The fourth-order valence-corrected chi connectivity index (χ4v) is 33.5. The maximum absolute atomic E-state index is 2.39. The fourth-order valence-electron chi connectivity index (χ4n) is 7.29. The first-order chi connectivity index (χ1) is 15.4. The van der Waals surface area contributed by atoms with Gasteiger partial charge in [0.1, 0.15) is 0 Å². The molecule has 0 aromatic rings. The van der Waals surface area contributed by atoms with Gasteiger partial charge < -0.3 is 0 Å². The third-order valence-corrected chi connectivity index (χ3v) is 33.3. The van der Waals surface area contributed by atoms with Crippen molar-refractivity contribution in [2.75, 3.05) is 0 Å². The van der Waals surface area contributed by atoms with Crippen LogP contribution in [0.3, 0.4) is 0 Å². The van der Waals surface area contributed by atoms with Crippen molar-refractivity contribution in [2.24, 2.45) is 17.8 Å². The molecule has 3 aliphatic rings. The van der Waals surface area contributed by atoms with Gasteiger partial charge in [0, 0.05) is 0 Å². The summed E-state index contributed by atoms with van der Waals surface area (Å²) in [6.07, 6.45) is 24.2. The molecule has 3 rings (SSSR count). The molecular weight excluding hydrogens is 598 g/mol. The van der Waals surface area contributed by atoms with E-state index in [1.807, 2.05) is 0 Å². The van der Waals surface area contributed by atoms with Crippen LogP contribution in [0.4, 0.5) is 0 Å². The zero-order valence-corrected chi connectivity index (χ0v) is 28.9. The molecule has 32 heavy (non-hydrogen) atoms. The Balaban J connectivity index is 0.000000247. The summed E-state index contributed by atoms with van der Waals surface area (Å²) in [6, 6.07) is 0. The van der Waals surface area contributed by atoms with Gasteiger partial charge in [-0.15, -0.1) is 0 Å². The van der Waals surface area contributed by atoms with Crippen molar-refractivity contribution in [1.82, 2.24) is 0 Å². The molecule has 0 amide bonds. The van der Waals surface area contributed by atoms with Gasteiger partial charge in [-0.25, -0.2) is 0 Å². The van der Waals surface area contributed by atoms with Crippen molar-refractivity contribution >= 4 is 39.5 Å². The SMILES string of the molecule is C1CC[CH]([Sn]([CH]2CCCCC2)[CH]2CCCCC2)CC1.CC(C)[CH2][Sn]([CH2]C(C)C)[CH2]C(C)C. The summed E-state index contributed by atoms with van der Waals surface area (Å²) in [7, 11) is 0. The van der Waals surface area contributed by atoms with E-state index >= 15 is 0 Å². The second kappa shape index (κ2) is 17.1. The van der Waals surface area contributed by atoms with Crippen LogP contribution >= 0.6 is 0 Å². The molecule has 0 aliphatic heterocycles. The Morgan fingerprint density at radius 1 is 0.438 bits per heavy atom. The second-order valence-electron chi connectivity index (χ2n) is 13.0. The monoisotopic (exact) mass is 660 g/mol. The molecule has 0 unspecified atom stereocenters. The van der Waals surface area contributed by atoms with Gasteiger partial charge in [0.15, 0.2) is 0 Å². The molecule has 0 nitrogen and oxygen atoms in total. The number of rotatable bonds is 9. The van der Waals surface area contributed by atoms with Crippen LogP contribution in [0.15, 0.2) is 0 Å². The molecule has 3 fully saturated rings. The zero-order valence-electron chi connectivity index (χ0n) is 23.2. The maximum atomic E-state index is 2.39. The van der Waals surface area contributed by atoms with E-state index in [-0.39, 0.29) is 0 Å². The zero-order chi connectivity index (χ0) is 23.3. The van der Waals surface area contributed by atoms with Crippen molar-refractivity contribution < 1.29 is 0 Å². The van der Waals surface area contributed by atoms with E-state index in [9.17, 15) is 0 Å². The molecule has 0 N–H and O–H groups in total. The van der Waals surface area contributed by atoms with E-state index in [1.54, 1.807) is 110 Å². The van der Waals surface area contributed by atoms with E-state index in [0.717, 1.165) is 17.8 Å². The molecule has 0 saturated heterocycles. The van der Waals surface area contributed by atoms with E-state index < -0.39 is 39.5 Å². The first-order valence-corrected chi connectivity index (χ1v) is 26.1. The summed E-state index contributed by atoms with van der Waals surface area (Å²) in [5.41, 5.74) is 0. The standard InChI is InChI=1S/3C6H11.3C4H9.2Sn/c3*1-2-4-6-5-3-1;3*1-4(2)3;;/h3*1H,2-6H2;3*4H,1H2,2-3H3;;. The van der Waals surface area contributed by atoms with E-state index in [1.165, 1.54) is 11.8 Å². The van der Waals surface area contributed by atoms with Crippen molar-refractivity contribution in [3.8, 4) is 0 Å². The van der Waals surface area contributed by atoms with Crippen molar-refractivity contribution in [2.45, 2.75) is 163 Å². The van der Waals surface area contributed by atoms with Gasteiger partial charge in [0.05, 0.1) is 0 Å². The summed E-state index contributed by atoms with van der Waals surface area (Å²) >= 11 is -2.13. The minimum absolute atomic E-state index is 0.951. The third-order valence-electron chi connectivity index (χ3n) is 8.32. The van der Waals surface area contributed by atoms with Crippen molar-refractivity contribution in [3.05, 3.63) is 0 Å². The third kappa shape index (κ3) is 12.0. The van der Waals surface area contributed by atoms with Gasteiger partial charge in [-0.2, -0.15) is 0 Å². The van der Waals surface area contributed by atoms with Gasteiger partial charge in [-0.1, -0.05) is 0 Å². The van der Waals surface area contributed by atoms with Crippen LogP contribution < -0.4 is 0 Å². The summed E-state index contributed by atoms with van der Waals surface area (Å²) in [5.74, 6) is 2.85. The Morgan fingerprint density at radius 2 is 0.688 bits per heavy atom. The molecule has 0 spiro atoms. The van der Waals surface area contributed by atoms with Crippen LogP contribution in [0.2, 0.25) is 25.1 Å². The summed E-state index contributed by atoms with van der Waals surface area (Å²) in [5, 5.41) is 0. The summed E-state index contributed by atoms with van der Waals surface area (Å²) in [6.45, 7) is 14.3. The summed E-state index contributed by atoms with van der Waals surface area (Å²) < 4.78 is 8.79. The van der Waals surface area contributed by atoms with E-state index in [4.69, 9.17) is 0 Å². The van der Waals surface area contributed by atoms with E-state index in [0.29, 0.717) is 0 Å². The normalized spacial score (nSPS) is 22.2. The predicted molar refractivity (Wildman–Crippen MR) is 151 cm³/mol. The van der Waals surface area contributed by atoms with Crippen LogP contribution in [0.5, 0.6) is 0 Å². The Labute approximate surface area is 218 Å². The molecule has 2 radical (unpaired) electrons. The minimum atomic E-state index is -1.15. The Morgan fingerprint density at radius 3 is 0.906 bits per heavy atom. The van der Waals surface area contributed by atoms with E-state index in [2.05, 4.69) is 41.5 Å². The van der Waals surface area contributed by atoms with Gasteiger partial charge in [0.25, 0.3) is 0 Å². The first-order valence-electron chi connectivity index (χ1n) is 15.1. The average Bonchev–Trinajstić information content (AvgIpc) is 2.75. The topological polar surface area (TPSA) is 0 Å². The number of hydrogen-bond donors (Lipinski definition) is 0. The predicted octanol–water partition coefficient (Wildman–Crippen LogP) is 10.9. The molecule has 2 heteroatoms. The van der Waals surface area contributed by atoms with Crippen LogP contribution in [0.1, 0.15) is 138 Å². The van der Waals surface area contributed by atoms with Crippen LogP contribution in [-0.2, 0) is 0 Å². The summed E-state index contributed by atoms with van der Waals surface area (Å²) in [4.78, 5) is 0. The molecule has 3 aliphatic carbocycles. The van der Waals surface area contributed by atoms with Gasteiger partial charge >= 0.3 is 220 Å². The molecule has 0 aromatic heterocycles. The van der Waals surface area contributed by atoms with Crippen LogP contribution in [0.25, 0.3) is 0 Å². The molecular formula is C30H60Sn2. The van der Waals surface area contributed by atoms with Gasteiger partial charge in [-0.3, -0.25) is 0 Å². The van der Waals surface area contributed by atoms with Crippen LogP contribution in [-0.4, -0.2) is 39.5 Å². The number of hydrogen-bond acceptors (Lipinski definition) is 0. The molecule has 0 aromatic carbocycles. The molecule has 0 atom stereocenters. The Kier molecular flexibility index (Phi) is 16.0. The second-order valence-corrected chi connectivity index (χ2v) is 30.7. The molecule has 3 saturated carbocycles. The van der Waals surface area contributed by atoms with Crippen LogP contribution in [0, 0.1) is 17.8 Å². The molecule has 0 bridgehead atoms. The quantitative estimate of drug-likeness (QED) is 0.216. The Bertz CT molecular complexity index is 373. The first kappa shape index (κ1) is 29.8. The average molecular weight is 658 g/mol. The fraction of sp³-hybridized carbons (Fsp3) is 1.00. The Hall–Kier alpha value is 1.60. The molecule has 188 valence electrons. The van der Waals surface area contributed by atoms with Crippen molar-refractivity contribution in [3.63, 3.8) is 0 Å². The molecule has 0 heterocycles. The van der Waals surface area contributed by atoms with Gasteiger partial charge in [0.2, 0.25) is 0 Å². The van der Waals surface area contributed by atoms with Crippen molar-refractivity contribution in [1.29, 1.82) is 0 Å².